The van der Waals surface area contributed by atoms with Crippen molar-refractivity contribution in [1.82, 2.24) is 9.88 Å². The Balaban J connectivity index is 1.47. The number of aromatic nitrogens is 1. The van der Waals surface area contributed by atoms with Crippen molar-refractivity contribution in [3.05, 3.63) is 71.4 Å². The van der Waals surface area contributed by atoms with E-state index in [-0.39, 0.29) is 17.8 Å². The standard InChI is InChI=1S/C25H27N3O3/c1-17-20-10-6-7-11-21(20)27-22(23(17)25(30)31-2)16-28-14-12-18(13-15-28)24(29)26-19-8-4-3-5-9-19/h3-11,18H,12-16H2,1-2H3,(H,26,29). The van der Waals surface area contributed by atoms with Crippen LogP contribution in [0.3, 0.4) is 0 Å². The molecule has 0 radical (unpaired) electrons. The van der Waals surface area contributed by atoms with Crippen LogP contribution in [0.1, 0.15) is 34.5 Å². The molecule has 1 amide bonds. The fourth-order valence-corrected chi connectivity index (χ4v) is 4.26. The van der Waals surface area contributed by atoms with Gasteiger partial charge in [0.1, 0.15) is 0 Å². The van der Waals surface area contributed by atoms with Gasteiger partial charge in [-0.3, -0.25) is 14.7 Å². The number of aryl methyl sites for hydroxylation is 1. The summed E-state index contributed by atoms with van der Waals surface area (Å²) in [4.78, 5) is 32.2. The third-order valence-electron chi connectivity index (χ3n) is 5.99. The molecule has 1 N–H and O–H groups in total. The number of nitrogens with zero attached hydrogens (tertiary/aromatic N) is 2. The number of benzene rings is 2. The lowest BCUT2D eigenvalue weighted by Gasteiger charge is -2.31. The van der Waals surface area contributed by atoms with Crippen molar-refractivity contribution < 1.29 is 14.3 Å². The van der Waals surface area contributed by atoms with Gasteiger partial charge in [0.05, 0.1) is 23.9 Å². The molecule has 0 bridgehead atoms. The number of pyridine rings is 1. The van der Waals surface area contributed by atoms with Crippen LogP contribution in [0.15, 0.2) is 54.6 Å². The number of piperidine rings is 1. The van der Waals surface area contributed by atoms with E-state index < -0.39 is 0 Å². The Kier molecular flexibility index (Phi) is 6.28. The van der Waals surface area contributed by atoms with Crippen LogP contribution >= 0.6 is 0 Å². The SMILES string of the molecule is COC(=O)c1c(CN2CCC(C(=O)Nc3ccccc3)CC2)nc2ccccc2c1C. The first kappa shape index (κ1) is 21.0. The first-order chi connectivity index (χ1) is 15.1. The van der Waals surface area contributed by atoms with Crippen LogP contribution in [0.4, 0.5) is 5.69 Å². The number of likely N-dealkylation sites (tertiary alicyclic amines) is 1. The van der Waals surface area contributed by atoms with Gasteiger partial charge in [0.25, 0.3) is 0 Å². The third-order valence-corrected chi connectivity index (χ3v) is 5.99. The van der Waals surface area contributed by atoms with Crippen molar-refractivity contribution in [1.29, 1.82) is 0 Å². The molecule has 160 valence electrons. The van der Waals surface area contributed by atoms with E-state index in [1.54, 1.807) is 0 Å². The van der Waals surface area contributed by atoms with E-state index in [1.165, 1.54) is 7.11 Å². The second-order valence-corrected chi connectivity index (χ2v) is 7.97. The van der Waals surface area contributed by atoms with Gasteiger partial charge in [-0.15, -0.1) is 0 Å². The highest BCUT2D eigenvalue weighted by atomic mass is 16.5. The van der Waals surface area contributed by atoms with Gasteiger partial charge in [-0.1, -0.05) is 36.4 Å². The predicted octanol–water partition coefficient (Wildman–Crippen LogP) is 4.18. The molecular formula is C25H27N3O3. The molecular weight excluding hydrogens is 390 g/mol. The van der Waals surface area contributed by atoms with Crippen LogP contribution < -0.4 is 5.32 Å². The molecule has 1 aliphatic heterocycles. The average Bonchev–Trinajstić information content (AvgIpc) is 2.80. The molecule has 6 nitrogen and oxygen atoms in total. The Morgan fingerprint density at radius 2 is 1.74 bits per heavy atom. The van der Waals surface area contributed by atoms with E-state index in [0.717, 1.165) is 53.8 Å². The molecule has 0 spiro atoms. The highest BCUT2D eigenvalue weighted by Gasteiger charge is 2.27. The minimum absolute atomic E-state index is 0.0113. The molecule has 0 unspecified atom stereocenters. The number of methoxy groups -OCH3 is 1. The topological polar surface area (TPSA) is 71.5 Å². The molecule has 3 aromatic rings. The maximum absolute atomic E-state index is 12.6. The van der Waals surface area contributed by atoms with Crippen molar-refractivity contribution >= 4 is 28.5 Å². The number of rotatable bonds is 5. The summed E-state index contributed by atoms with van der Waals surface area (Å²) < 4.78 is 5.05. The molecule has 1 fully saturated rings. The largest absolute Gasteiger partial charge is 0.465 e. The molecule has 1 aromatic heterocycles. The van der Waals surface area contributed by atoms with Crippen molar-refractivity contribution in [3.63, 3.8) is 0 Å². The minimum atomic E-state index is -0.358. The Labute approximate surface area is 182 Å². The van der Waals surface area contributed by atoms with Crippen LogP contribution in [0.25, 0.3) is 10.9 Å². The zero-order valence-electron chi connectivity index (χ0n) is 17.9. The number of ether oxygens (including phenoxy) is 1. The molecule has 1 aliphatic rings. The van der Waals surface area contributed by atoms with Crippen LogP contribution in [0.2, 0.25) is 0 Å². The number of amides is 1. The van der Waals surface area contributed by atoms with Crippen molar-refractivity contribution in [2.75, 3.05) is 25.5 Å². The van der Waals surface area contributed by atoms with Crippen molar-refractivity contribution in [3.8, 4) is 0 Å². The highest BCUT2D eigenvalue weighted by Crippen LogP contribution is 2.26. The summed E-state index contributed by atoms with van der Waals surface area (Å²) in [7, 11) is 1.40. The number of nitrogens with one attached hydrogen (secondary N) is 1. The fraction of sp³-hybridized carbons (Fsp3) is 0.320. The van der Waals surface area contributed by atoms with Gasteiger partial charge in [-0.2, -0.15) is 0 Å². The minimum Gasteiger partial charge on any atom is -0.465 e. The van der Waals surface area contributed by atoms with Gasteiger partial charge < -0.3 is 10.1 Å². The summed E-state index contributed by atoms with van der Waals surface area (Å²) in [6.45, 7) is 4.06. The number of hydrogen-bond acceptors (Lipinski definition) is 5. The number of hydrogen-bond donors (Lipinski definition) is 1. The predicted molar refractivity (Wildman–Crippen MR) is 121 cm³/mol. The molecule has 1 saturated heterocycles. The maximum Gasteiger partial charge on any atom is 0.340 e. The van der Waals surface area contributed by atoms with Gasteiger partial charge in [0.2, 0.25) is 5.91 Å². The summed E-state index contributed by atoms with van der Waals surface area (Å²) in [5.41, 5.74) is 3.87. The van der Waals surface area contributed by atoms with Crippen LogP contribution in [-0.2, 0) is 16.1 Å². The number of carbonyl (C=O) groups excluding carboxylic acids is 2. The van der Waals surface area contributed by atoms with Gasteiger partial charge in [0, 0.05) is 23.5 Å². The van der Waals surface area contributed by atoms with E-state index in [2.05, 4.69) is 10.2 Å². The van der Waals surface area contributed by atoms with E-state index in [1.807, 2.05) is 61.5 Å². The zero-order chi connectivity index (χ0) is 21.8. The van der Waals surface area contributed by atoms with E-state index in [9.17, 15) is 9.59 Å². The zero-order valence-corrected chi connectivity index (χ0v) is 17.9. The van der Waals surface area contributed by atoms with Gasteiger partial charge in [0.15, 0.2) is 0 Å². The molecule has 4 rings (SSSR count). The molecule has 2 heterocycles. The molecule has 0 atom stereocenters. The van der Waals surface area contributed by atoms with Gasteiger partial charge in [-0.25, -0.2) is 4.79 Å². The van der Waals surface area contributed by atoms with Crippen molar-refractivity contribution in [2.24, 2.45) is 5.92 Å². The van der Waals surface area contributed by atoms with E-state index >= 15 is 0 Å². The fourth-order valence-electron chi connectivity index (χ4n) is 4.26. The van der Waals surface area contributed by atoms with Crippen LogP contribution in [0.5, 0.6) is 0 Å². The molecule has 31 heavy (non-hydrogen) atoms. The Morgan fingerprint density at radius 1 is 1.06 bits per heavy atom. The number of anilines is 1. The Bertz CT molecular complexity index is 1090. The summed E-state index contributed by atoms with van der Waals surface area (Å²) in [5.74, 6) is -0.300. The van der Waals surface area contributed by atoms with Crippen molar-refractivity contribution in [2.45, 2.75) is 26.3 Å². The summed E-state index contributed by atoms with van der Waals surface area (Å²) in [6, 6.07) is 17.4. The smallest absolute Gasteiger partial charge is 0.340 e. The summed E-state index contributed by atoms with van der Waals surface area (Å²) >= 11 is 0. The summed E-state index contributed by atoms with van der Waals surface area (Å²) in [5, 5.41) is 3.97. The lowest BCUT2D eigenvalue weighted by atomic mass is 9.95. The molecule has 2 aromatic carbocycles. The number of esters is 1. The van der Waals surface area contributed by atoms with E-state index in [0.29, 0.717) is 12.1 Å². The third kappa shape index (κ3) is 4.59. The second-order valence-electron chi connectivity index (χ2n) is 7.97. The van der Waals surface area contributed by atoms with Gasteiger partial charge >= 0.3 is 5.97 Å². The van der Waals surface area contributed by atoms with Gasteiger partial charge in [-0.05, 0) is 56.6 Å². The average molecular weight is 418 g/mol. The second kappa shape index (κ2) is 9.27. The number of carbonyl (C=O) groups is 2. The van der Waals surface area contributed by atoms with Crippen LogP contribution in [0, 0.1) is 12.8 Å². The molecule has 6 heteroatoms. The first-order valence-electron chi connectivity index (χ1n) is 10.6. The monoisotopic (exact) mass is 417 g/mol. The highest BCUT2D eigenvalue weighted by molar-refractivity contribution is 5.98. The number of para-hydroxylation sites is 2. The maximum atomic E-state index is 12.6. The quantitative estimate of drug-likeness (QED) is 0.631. The Hall–Kier alpha value is -3.25. The normalized spacial score (nSPS) is 15.0. The summed E-state index contributed by atoms with van der Waals surface area (Å²) in [6.07, 6.45) is 1.55. The van der Waals surface area contributed by atoms with Crippen LogP contribution in [-0.4, -0.2) is 42.0 Å². The van der Waals surface area contributed by atoms with E-state index in [4.69, 9.17) is 9.72 Å². The lowest BCUT2D eigenvalue weighted by Crippen LogP contribution is -2.38. The molecule has 0 saturated carbocycles. The Morgan fingerprint density at radius 3 is 2.45 bits per heavy atom. The first-order valence-corrected chi connectivity index (χ1v) is 10.6. The molecule has 0 aliphatic carbocycles. The lowest BCUT2D eigenvalue weighted by molar-refractivity contribution is -0.121. The number of fused-ring (bicyclic) bond motifs is 1.